The van der Waals surface area contributed by atoms with Gasteiger partial charge in [0.15, 0.2) is 5.16 Å². The van der Waals surface area contributed by atoms with Crippen LogP contribution in [0.1, 0.15) is 37.1 Å². The Morgan fingerprint density at radius 2 is 1.94 bits per heavy atom. The largest absolute Gasteiger partial charge is 0.376 e. The van der Waals surface area contributed by atoms with E-state index in [0.29, 0.717) is 43.3 Å². The van der Waals surface area contributed by atoms with Gasteiger partial charge in [0.1, 0.15) is 4.83 Å². The van der Waals surface area contributed by atoms with Crippen molar-refractivity contribution in [1.82, 2.24) is 19.4 Å². The number of rotatable bonds is 6. The molecule has 10 heteroatoms. The van der Waals surface area contributed by atoms with E-state index in [0.717, 1.165) is 41.1 Å². The lowest BCUT2D eigenvalue weighted by atomic mass is 10.1. The van der Waals surface area contributed by atoms with E-state index in [1.165, 1.54) is 11.8 Å². The van der Waals surface area contributed by atoms with Crippen molar-refractivity contribution in [2.45, 2.75) is 57.8 Å². The summed E-state index contributed by atoms with van der Waals surface area (Å²) >= 11 is 2.87. The summed E-state index contributed by atoms with van der Waals surface area (Å²) in [6, 6.07) is 0. The Morgan fingerprint density at radius 3 is 2.56 bits per heavy atom. The van der Waals surface area contributed by atoms with Gasteiger partial charge in [-0.2, -0.15) is 0 Å². The molecule has 4 heterocycles. The minimum Gasteiger partial charge on any atom is -0.376 e. The molecule has 174 valence electrons. The normalized spacial score (nSPS) is 19.2. The van der Waals surface area contributed by atoms with Gasteiger partial charge in [-0.25, -0.2) is 4.98 Å². The van der Waals surface area contributed by atoms with Crippen molar-refractivity contribution in [1.29, 1.82) is 0 Å². The van der Waals surface area contributed by atoms with E-state index in [-0.39, 0.29) is 29.2 Å². The Morgan fingerprint density at radius 1 is 1.22 bits per heavy atom. The highest BCUT2D eigenvalue weighted by Gasteiger charge is 2.25. The van der Waals surface area contributed by atoms with E-state index in [1.54, 1.807) is 32.6 Å². The molecule has 0 aromatic carbocycles. The summed E-state index contributed by atoms with van der Waals surface area (Å²) < 4.78 is 7.51. The van der Waals surface area contributed by atoms with Gasteiger partial charge in [0.05, 0.1) is 23.8 Å². The van der Waals surface area contributed by atoms with Crippen molar-refractivity contribution in [3.8, 4) is 0 Å². The second kappa shape index (κ2) is 9.93. The summed E-state index contributed by atoms with van der Waals surface area (Å²) in [5.74, 6) is 0.266. The number of hydrogen-bond acceptors (Lipinski definition) is 7. The summed E-state index contributed by atoms with van der Waals surface area (Å²) in [6.45, 7) is 9.04. The Kier molecular flexibility index (Phi) is 7.21. The van der Waals surface area contributed by atoms with E-state index in [9.17, 15) is 14.4 Å². The highest BCUT2D eigenvalue weighted by Crippen LogP contribution is 2.30. The molecule has 0 aliphatic carbocycles. The van der Waals surface area contributed by atoms with Crippen LogP contribution in [-0.4, -0.2) is 75.8 Å². The molecule has 2 aromatic heterocycles. The molecule has 1 atom stereocenters. The SMILES string of the molecule is CCc1c(C)sc2nc(SCC(=O)N3CCN(C(C)=O)CC3)n(CC3CCCO3)c(=O)c12. The summed E-state index contributed by atoms with van der Waals surface area (Å²) in [5, 5.41) is 1.29. The topological polar surface area (TPSA) is 84.7 Å². The number of carbonyl (C=O) groups is 2. The van der Waals surface area contributed by atoms with Crippen LogP contribution in [0.15, 0.2) is 9.95 Å². The molecule has 32 heavy (non-hydrogen) atoms. The van der Waals surface area contributed by atoms with Crippen molar-refractivity contribution in [2.75, 3.05) is 38.5 Å². The molecule has 2 fully saturated rings. The third kappa shape index (κ3) is 4.72. The van der Waals surface area contributed by atoms with Crippen LogP contribution in [0.2, 0.25) is 0 Å². The van der Waals surface area contributed by atoms with Crippen LogP contribution < -0.4 is 5.56 Å². The fourth-order valence-electron chi connectivity index (χ4n) is 4.41. The van der Waals surface area contributed by atoms with Crippen LogP contribution in [-0.2, 0) is 27.3 Å². The third-order valence-electron chi connectivity index (χ3n) is 6.24. The number of aryl methyl sites for hydroxylation is 2. The van der Waals surface area contributed by atoms with Gasteiger partial charge < -0.3 is 14.5 Å². The van der Waals surface area contributed by atoms with E-state index in [2.05, 4.69) is 6.92 Å². The molecule has 0 spiro atoms. The lowest BCUT2D eigenvalue weighted by Gasteiger charge is -2.34. The molecule has 2 aliphatic rings. The lowest BCUT2D eigenvalue weighted by Crippen LogP contribution is -2.50. The first-order chi connectivity index (χ1) is 15.4. The van der Waals surface area contributed by atoms with Crippen LogP contribution in [0.5, 0.6) is 0 Å². The van der Waals surface area contributed by atoms with Crippen LogP contribution >= 0.6 is 23.1 Å². The summed E-state index contributed by atoms with van der Waals surface area (Å²) in [7, 11) is 0. The molecule has 2 saturated heterocycles. The van der Waals surface area contributed by atoms with Crippen molar-refractivity contribution >= 4 is 45.1 Å². The van der Waals surface area contributed by atoms with Crippen molar-refractivity contribution in [3.63, 3.8) is 0 Å². The standard InChI is InChI=1S/C22H30N4O4S2/c1-4-17-14(2)32-20-19(17)21(29)26(12-16-6-5-11-30-16)22(23-20)31-13-18(28)25-9-7-24(8-10-25)15(3)27/h16H,4-13H2,1-3H3. The Labute approximate surface area is 195 Å². The zero-order valence-corrected chi connectivity index (χ0v) is 20.5. The van der Waals surface area contributed by atoms with E-state index in [1.807, 2.05) is 6.92 Å². The maximum absolute atomic E-state index is 13.5. The van der Waals surface area contributed by atoms with E-state index >= 15 is 0 Å². The molecular weight excluding hydrogens is 448 g/mol. The number of hydrogen-bond donors (Lipinski definition) is 0. The van der Waals surface area contributed by atoms with Gasteiger partial charge >= 0.3 is 0 Å². The number of piperazine rings is 1. The van der Waals surface area contributed by atoms with Gasteiger partial charge in [-0.15, -0.1) is 11.3 Å². The molecule has 8 nitrogen and oxygen atoms in total. The fourth-order valence-corrected chi connectivity index (χ4v) is 6.47. The van der Waals surface area contributed by atoms with Gasteiger partial charge in [-0.3, -0.25) is 19.0 Å². The highest BCUT2D eigenvalue weighted by molar-refractivity contribution is 7.99. The number of aromatic nitrogens is 2. The first-order valence-corrected chi connectivity index (χ1v) is 13.0. The molecule has 0 N–H and O–H groups in total. The van der Waals surface area contributed by atoms with Crippen molar-refractivity contribution < 1.29 is 14.3 Å². The number of ether oxygens (including phenoxy) is 1. The molecule has 0 radical (unpaired) electrons. The second-order valence-electron chi connectivity index (χ2n) is 8.29. The number of carbonyl (C=O) groups excluding carboxylic acids is 2. The second-order valence-corrected chi connectivity index (χ2v) is 10.4. The molecule has 2 aromatic rings. The molecule has 0 bridgehead atoms. The Bertz CT molecular complexity index is 1070. The summed E-state index contributed by atoms with van der Waals surface area (Å²) in [6.07, 6.45) is 2.73. The van der Waals surface area contributed by atoms with Crippen LogP contribution in [0.25, 0.3) is 10.2 Å². The number of nitrogens with zero attached hydrogens (tertiary/aromatic N) is 4. The van der Waals surface area contributed by atoms with Crippen LogP contribution in [0.4, 0.5) is 0 Å². The molecule has 2 amide bonds. The minimum absolute atomic E-state index is 0.00599. The van der Waals surface area contributed by atoms with Crippen LogP contribution in [0.3, 0.4) is 0 Å². The van der Waals surface area contributed by atoms with E-state index in [4.69, 9.17) is 9.72 Å². The van der Waals surface area contributed by atoms with Crippen molar-refractivity contribution in [2.24, 2.45) is 0 Å². The highest BCUT2D eigenvalue weighted by atomic mass is 32.2. The molecule has 0 saturated carbocycles. The molecule has 4 rings (SSSR count). The van der Waals surface area contributed by atoms with Gasteiger partial charge in [0.25, 0.3) is 5.56 Å². The van der Waals surface area contributed by atoms with E-state index < -0.39 is 0 Å². The average Bonchev–Trinajstić information content (AvgIpc) is 3.41. The fraction of sp³-hybridized carbons (Fsp3) is 0.636. The zero-order chi connectivity index (χ0) is 22.8. The predicted molar refractivity (Wildman–Crippen MR) is 127 cm³/mol. The first kappa shape index (κ1) is 23.3. The minimum atomic E-state index is -0.0308. The third-order valence-corrected chi connectivity index (χ3v) is 8.25. The molecule has 2 aliphatic heterocycles. The predicted octanol–water partition coefficient (Wildman–Crippen LogP) is 2.29. The number of thioether (sulfide) groups is 1. The summed E-state index contributed by atoms with van der Waals surface area (Å²) in [4.78, 5) is 48.1. The first-order valence-electron chi connectivity index (χ1n) is 11.2. The monoisotopic (exact) mass is 478 g/mol. The van der Waals surface area contributed by atoms with Gasteiger partial charge in [0, 0.05) is 44.6 Å². The maximum atomic E-state index is 13.5. The van der Waals surface area contributed by atoms with Gasteiger partial charge in [0.2, 0.25) is 11.8 Å². The van der Waals surface area contributed by atoms with Crippen LogP contribution in [0, 0.1) is 6.92 Å². The van der Waals surface area contributed by atoms with Crippen molar-refractivity contribution in [3.05, 3.63) is 20.8 Å². The maximum Gasteiger partial charge on any atom is 0.263 e. The zero-order valence-electron chi connectivity index (χ0n) is 18.9. The number of thiophene rings is 1. The lowest BCUT2D eigenvalue weighted by molar-refractivity contribution is -0.136. The Balaban J connectivity index is 1.56. The number of fused-ring (bicyclic) bond motifs is 1. The summed E-state index contributed by atoms with van der Waals surface area (Å²) in [5.41, 5.74) is 1.04. The quantitative estimate of drug-likeness (QED) is 0.468. The smallest absolute Gasteiger partial charge is 0.263 e. The van der Waals surface area contributed by atoms with Gasteiger partial charge in [-0.1, -0.05) is 18.7 Å². The van der Waals surface area contributed by atoms with Gasteiger partial charge in [-0.05, 0) is 31.7 Å². The molecule has 1 unspecified atom stereocenters. The molecular formula is C22H30N4O4S2. The average molecular weight is 479 g/mol. The Hall–Kier alpha value is -1.91. The number of amides is 2.